The molecule has 5 rings (SSSR count). The number of anilines is 2. The topological polar surface area (TPSA) is 161 Å². The van der Waals surface area contributed by atoms with Crippen molar-refractivity contribution in [2.75, 3.05) is 37.7 Å². The number of benzene rings is 1. The second-order valence-corrected chi connectivity index (χ2v) is 12.2. The van der Waals surface area contributed by atoms with Crippen LogP contribution < -0.4 is 11.1 Å². The van der Waals surface area contributed by atoms with Gasteiger partial charge >= 0.3 is 12.3 Å². The van der Waals surface area contributed by atoms with Crippen molar-refractivity contribution in [3.05, 3.63) is 72.2 Å². The monoisotopic (exact) mass is 665 g/mol. The van der Waals surface area contributed by atoms with E-state index in [1.165, 1.54) is 29.4 Å². The molecule has 1 saturated heterocycles. The third-order valence-corrected chi connectivity index (χ3v) is 7.43. The summed E-state index contributed by atoms with van der Waals surface area (Å²) in [5.74, 6) is -0.897. The highest BCUT2D eigenvalue weighted by atomic mass is 19.4. The van der Waals surface area contributed by atoms with Crippen LogP contribution in [0.25, 0.3) is 22.3 Å². The molecule has 13 nitrogen and oxygen atoms in total. The van der Waals surface area contributed by atoms with Crippen LogP contribution in [0.2, 0.25) is 0 Å². The summed E-state index contributed by atoms with van der Waals surface area (Å²) in [7, 11) is 1.59. The number of alkyl halides is 3. The number of amides is 3. The predicted molar refractivity (Wildman–Crippen MR) is 171 cm³/mol. The van der Waals surface area contributed by atoms with Gasteiger partial charge in [-0.15, -0.1) is 0 Å². The van der Waals surface area contributed by atoms with Crippen LogP contribution in [0.1, 0.15) is 49.2 Å². The van der Waals surface area contributed by atoms with Gasteiger partial charge in [-0.2, -0.15) is 18.3 Å². The summed E-state index contributed by atoms with van der Waals surface area (Å²) in [6.07, 6.45) is 0.864. The average molecular weight is 666 g/mol. The number of carbonyl (C=O) groups excluding carboxylic acids is 3. The Hall–Kier alpha value is -5.54. The largest absolute Gasteiger partial charge is 0.444 e. The molecule has 1 aliphatic heterocycles. The van der Waals surface area contributed by atoms with Crippen LogP contribution in [0.3, 0.4) is 0 Å². The maximum absolute atomic E-state index is 13.1. The predicted octanol–water partition coefficient (Wildman–Crippen LogP) is 4.94. The number of ether oxygens (including phenoxy) is 1. The molecule has 48 heavy (non-hydrogen) atoms. The Morgan fingerprint density at radius 3 is 2.52 bits per heavy atom. The molecule has 0 spiro atoms. The Balaban J connectivity index is 1.29. The lowest BCUT2D eigenvalue weighted by molar-refractivity contribution is -0.137. The number of likely N-dealkylation sites (tertiary alicyclic amines) is 1. The lowest BCUT2D eigenvalue weighted by Gasteiger charge is -2.23. The number of nitrogens with zero attached hydrogens (tertiary/aromatic N) is 7. The van der Waals surface area contributed by atoms with Gasteiger partial charge in [-0.05, 0) is 51.5 Å². The fraction of sp³-hybridized carbons (Fsp3) is 0.344. The number of fused-ring (bicyclic) bond motifs is 1. The molecule has 3 aromatic heterocycles. The molecule has 0 bridgehead atoms. The molecule has 4 aromatic rings. The first-order valence-electron chi connectivity index (χ1n) is 14.9. The van der Waals surface area contributed by atoms with Gasteiger partial charge in [0.15, 0.2) is 5.65 Å². The number of aromatic nitrogens is 5. The van der Waals surface area contributed by atoms with Gasteiger partial charge in [0.1, 0.15) is 29.3 Å². The fourth-order valence-electron chi connectivity index (χ4n) is 5.07. The van der Waals surface area contributed by atoms with Crippen LogP contribution in [0.5, 0.6) is 0 Å². The SMILES string of the molecule is CN(C/C=C/C(=O)N1CCC(n2nc(-c3ccc(C(=O)Nc4cc(C(F)(F)F)ccn4)cc3)c3c(N)ncnc32)C1)C(=O)OC(C)(C)C. The molecule has 3 amide bonds. The number of nitrogen functional groups attached to an aromatic ring is 1. The lowest BCUT2D eigenvalue weighted by Crippen LogP contribution is -2.34. The number of hydrogen-bond donors (Lipinski definition) is 2. The Morgan fingerprint density at radius 1 is 1.10 bits per heavy atom. The van der Waals surface area contributed by atoms with E-state index in [1.807, 2.05) is 0 Å². The average Bonchev–Trinajstić information content (AvgIpc) is 3.66. The molecule has 4 heterocycles. The van der Waals surface area contributed by atoms with Crippen molar-refractivity contribution in [1.29, 1.82) is 0 Å². The summed E-state index contributed by atoms with van der Waals surface area (Å²) >= 11 is 0. The number of hydrogen-bond acceptors (Lipinski definition) is 9. The Morgan fingerprint density at radius 2 is 1.83 bits per heavy atom. The minimum Gasteiger partial charge on any atom is -0.444 e. The lowest BCUT2D eigenvalue weighted by atomic mass is 10.1. The van der Waals surface area contributed by atoms with Gasteiger partial charge < -0.3 is 25.6 Å². The molecular formula is C32H34F3N9O4. The van der Waals surface area contributed by atoms with E-state index in [4.69, 9.17) is 15.6 Å². The van der Waals surface area contributed by atoms with Gasteiger partial charge in [0, 0.05) is 50.1 Å². The second kappa shape index (κ2) is 13.3. The highest BCUT2D eigenvalue weighted by Gasteiger charge is 2.32. The van der Waals surface area contributed by atoms with Crippen LogP contribution in [-0.2, 0) is 15.7 Å². The number of rotatable bonds is 7. The summed E-state index contributed by atoms with van der Waals surface area (Å²) < 4.78 is 46.2. The molecule has 0 radical (unpaired) electrons. The van der Waals surface area contributed by atoms with E-state index in [2.05, 4.69) is 20.3 Å². The van der Waals surface area contributed by atoms with E-state index in [0.29, 0.717) is 41.8 Å². The van der Waals surface area contributed by atoms with E-state index < -0.39 is 29.3 Å². The molecule has 1 aliphatic rings. The number of nitrogens with one attached hydrogen (secondary N) is 1. The van der Waals surface area contributed by atoms with Gasteiger partial charge in [0.25, 0.3) is 5.91 Å². The minimum atomic E-state index is -4.58. The number of pyridine rings is 1. The number of halogens is 3. The molecule has 1 unspecified atom stereocenters. The van der Waals surface area contributed by atoms with Crippen molar-refractivity contribution in [3.63, 3.8) is 0 Å². The molecule has 0 saturated carbocycles. The molecule has 3 N–H and O–H groups in total. The normalized spacial score (nSPS) is 15.2. The first-order chi connectivity index (χ1) is 22.6. The first-order valence-corrected chi connectivity index (χ1v) is 14.9. The summed E-state index contributed by atoms with van der Waals surface area (Å²) in [6, 6.07) is 7.64. The third-order valence-electron chi connectivity index (χ3n) is 7.43. The van der Waals surface area contributed by atoms with E-state index >= 15 is 0 Å². The Labute approximate surface area is 273 Å². The fourth-order valence-corrected chi connectivity index (χ4v) is 5.07. The minimum absolute atomic E-state index is 0.182. The maximum atomic E-state index is 13.1. The van der Waals surface area contributed by atoms with Crippen LogP contribution in [0.4, 0.5) is 29.6 Å². The van der Waals surface area contributed by atoms with Crippen molar-refractivity contribution in [2.45, 2.75) is 45.0 Å². The van der Waals surface area contributed by atoms with Gasteiger partial charge in [-0.1, -0.05) is 18.2 Å². The zero-order valence-corrected chi connectivity index (χ0v) is 26.7. The highest BCUT2D eigenvalue weighted by Crippen LogP contribution is 2.34. The van der Waals surface area contributed by atoms with E-state index in [9.17, 15) is 27.6 Å². The van der Waals surface area contributed by atoms with Crippen molar-refractivity contribution < 1.29 is 32.3 Å². The number of nitrogens with two attached hydrogens (primary N) is 1. The zero-order valence-electron chi connectivity index (χ0n) is 26.7. The maximum Gasteiger partial charge on any atom is 0.416 e. The van der Waals surface area contributed by atoms with Crippen LogP contribution >= 0.6 is 0 Å². The van der Waals surface area contributed by atoms with Crippen molar-refractivity contribution in [3.8, 4) is 11.3 Å². The molecule has 1 aromatic carbocycles. The molecule has 1 fully saturated rings. The van der Waals surface area contributed by atoms with Gasteiger partial charge in [0.05, 0.1) is 17.0 Å². The van der Waals surface area contributed by atoms with Gasteiger partial charge in [0.2, 0.25) is 5.91 Å². The molecule has 1 atom stereocenters. The van der Waals surface area contributed by atoms with E-state index in [1.54, 1.807) is 55.6 Å². The summed E-state index contributed by atoms with van der Waals surface area (Å²) in [6.45, 7) is 6.35. The quantitative estimate of drug-likeness (QED) is 0.261. The smallest absolute Gasteiger partial charge is 0.416 e. The van der Waals surface area contributed by atoms with Gasteiger partial charge in [-0.3, -0.25) is 9.59 Å². The van der Waals surface area contributed by atoms with E-state index in [0.717, 1.165) is 18.3 Å². The highest BCUT2D eigenvalue weighted by molar-refractivity contribution is 6.04. The zero-order chi connectivity index (χ0) is 34.8. The van der Waals surface area contributed by atoms with Crippen LogP contribution in [0, 0.1) is 0 Å². The first kappa shape index (κ1) is 33.8. The van der Waals surface area contributed by atoms with E-state index in [-0.39, 0.29) is 35.7 Å². The molecule has 16 heteroatoms. The van der Waals surface area contributed by atoms with Crippen molar-refractivity contribution in [1.82, 2.24) is 34.5 Å². The van der Waals surface area contributed by atoms with Crippen LogP contribution in [0.15, 0.2) is 61.1 Å². The number of likely N-dealkylation sites (N-methyl/N-ethyl adjacent to an activating group) is 1. The summed E-state index contributed by atoms with van der Waals surface area (Å²) in [5, 5.41) is 7.69. The second-order valence-electron chi connectivity index (χ2n) is 12.2. The Kier molecular flexibility index (Phi) is 9.36. The van der Waals surface area contributed by atoms with Crippen LogP contribution in [-0.4, -0.2) is 84.7 Å². The molecular weight excluding hydrogens is 631 g/mol. The Bertz CT molecular complexity index is 1870. The summed E-state index contributed by atoms with van der Waals surface area (Å²) in [4.78, 5) is 53.3. The summed E-state index contributed by atoms with van der Waals surface area (Å²) in [5.41, 5.74) is 6.41. The standard InChI is InChI=1S/C32H34F3N9O4/c1-31(2,3)48-30(47)42(4)14-5-6-24(45)43-15-12-22(17-43)44-28-25(27(36)38-18-39-28)26(41-44)19-7-9-20(10-8-19)29(46)40-23-16-21(11-13-37-23)32(33,34)35/h5-11,13,16,18,22H,12,14-15,17H2,1-4H3,(H2,36,38,39)(H,37,40,46)/b6-5+. The van der Waals surface area contributed by atoms with Crippen molar-refractivity contribution >= 4 is 40.6 Å². The third kappa shape index (κ3) is 7.70. The van der Waals surface area contributed by atoms with Gasteiger partial charge in [-0.25, -0.2) is 24.4 Å². The molecule has 0 aliphatic carbocycles. The number of carbonyl (C=O) groups is 3. The van der Waals surface area contributed by atoms with Crippen molar-refractivity contribution in [2.24, 2.45) is 0 Å². The molecule has 252 valence electrons.